The monoisotopic (exact) mass is 343 g/mol. The molecule has 0 amide bonds. The fraction of sp³-hybridized carbons (Fsp3) is 0.0909. The van der Waals surface area contributed by atoms with Gasteiger partial charge in [-0.05, 0) is 36.3 Å². The van der Waals surface area contributed by atoms with Gasteiger partial charge < -0.3 is 10.3 Å². The van der Waals surface area contributed by atoms with Crippen molar-refractivity contribution in [1.82, 2.24) is 9.97 Å². The van der Waals surface area contributed by atoms with E-state index in [1.807, 2.05) is 54.8 Å². The van der Waals surface area contributed by atoms with E-state index in [9.17, 15) is 4.79 Å². The van der Waals surface area contributed by atoms with Crippen molar-refractivity contribution in [3.05, 3.63) is 90.8 Å². The molecular formula is C22H21N3O. The van der Waals surface area contributed by atoms with Gasteiger partial charge in [0.25, 0.3) is 0 Å². The third kappa shape index (κ3) is 3.98. The first-order valence-corrected chi connectivity index (χ1v) is 8.53. The van der Waals surface area contributed by atoms with Crippen LogP contribution in [0.15, 0.2) is 79.7 Å². The number of pyridine rings is 1. The van der Waals surface area contributed by atoms with Gasteiger partial charge in [-0.2, -0.15) is 0 Å². The second-order valence-corrected chi connectivity index (χ2v) is 5.78. The number of anilines is 1. The highest BCUT2D eigenvalue weighted by molar-refractivity contribution is 5.93. The zero-order chi connectivity index (χ0) is 18.2. The number of nitrogens with zero attached hydrogens (tertiary/aromatic N) is 1. The molecular weight excluding hydrogens is 322 g/mol. The number of allylic oxidation sites excluding steroid dienone is 4. The minimum Gasteiger partial charge on any atom is -0.384 e. The van der Waals surface area contributed by atoms with Gasteiger partial charge in [0.1, 0.15) is 5.65 Å². The van der Waals surface area contributed by atoms with Crippen LogP contribution in [0.4, 0.5) is 5.69 Å². The molecule has 0 bridgehead atoms. The molecule has 2 aromatic heterocycles. The van der Waals surface area contributed by atoms with Crippen LogP contribution < -0.4 is 5.32 Å². The van der Waals surface area contributed by atoms with Gasteiger partial charge in [0.05, 0.1) is 0 Å². The first kappa shape index (κ1) is 17.4. The molecule has 0 spiro atoms. The molecule has 2 heterocycles. The minimum absolute atomic E-state index is 0.679. The Morgan fingerprint density at radius 2 is 2.12 bits per heavy atom. The number of carbonyl (C=O) groups excluding carboxylic acids is 1. The number of carbonyl (C=O) groups is 1. The predicted octanol–water partition coefficient (Wildman–Crippen LogP) is 5.00. The molecule has 3 aromatic rings. The maximum absolute atomic E-state index is 11.0. The molecule has 0 saturated carbocycles. The molecule has 4 nitrogen and oxygen atoms in total. The van der Waals surface area contributed by atoms with E-state index in [1.165, 1.54) is 0 Å². The van der Waals surface area contributed by atoms with E-state index >= 15 is 0 Å². The smallest absolute Gasteiger partial charge is 0.152 e. The van der Waals surface area contributed by atoms with E-state index in [-0.39, 0.29) is 0 Å². The van der Waals surface area contributed by atoms with Crippen molar-refractivity contribution in [3.63, 3.8) is 0 Å². The molecule has 0 radical (unpaired) electrons. The average molecular weight is 343 g/mol. The van der Waals surface area contributed by atoms with Crippen LogP contribution in [0.2, 0.25) is 0 Å². The highest BCUT2D eigenvalue weighted by Gasteiger charge is 2.05. The first-order valence-electron chi connectivity index (χ1n) is 8.53. The maximum atomic E-state index is 11.0. The lowest BCUT2D eigenvalue weighted by molar-refractivity contribution is 0.112. The van der Waals surface area contributed by atoms with Gasteiger partial charge in [-0.1, -0.05) is 43.0 Å². The lowest BCUT2D eigenvalue weighted by Gasteiger charge is -2.06. The third-order valence-corrected chi connectivity index (χ3v) is 4.11. The molecule has 0 unspecified atom stereocenters. The summed E-state index contributed by atoms with van der Waals surface area (Å²) in [5, 5.41) is 4.36. The summed E-state index contributed by atoms with van der Waals surface area (Å²) in [6.45, 7) is 4.68. The summed E-state index contributed by atoms with van der Waals surface area (Å²) in [5.41, 5.74) is 4.55. The van der Waals surface area contributed by atoms with Gasteiger partial charge in [-0.15, -0.1) is 0 Å². The van der Waals surface area contributed by atoms with E-state index in [0.717, 1.165) is 47.1 Å². The Hall–Kier alpha value is -3.40. The maximum Gasteiger partial charge on any atom is 0.152 e. The Balaban J connectivity index is 1.61. The molecule has 0 aliphatic rings. The van der Waals surface area contributed by atoms with Crippen LogP contribution in [-0.2, 0) is 0 Å². The number of nitrogens with one attached hydrogen (secondary N) is 2. The average Bonchev–Trinajstić information content (AvgIpc) is 3.12. The highest BCUT2D eigenvalue weighted by Crippen LogP contribution is 2.24. The standard InChI is InChI=1S/C22H21N3O/c1-2-17(20-15-25-22-19(20)11-8-14-24-22)9-4-3-7-13-23-21-12-6-5-10-18(21)16-26/h2-6,8-12,14-16,23H,1,7,13H2,(H,24,25)/b4-3-,17-9+. The van der Waals surface area contributed by atoms with Gasteiger partial charge >= 0.3 is 0 Å². The van der Waals surface area contributed by atoms with E-state index < -0.39 is 0 Å². The van der Waals surface area contributed by atoms with Crippen molar-refractivity contribution in [3.8, 4) is 0 Å². The van der Waals surface area contributed by atoms with Crippen molar-refractivity contribution in [2.24, 2.45) is 0 Å². The summed E-state index contributed by atoms with van der Waals surface area (Å²) in [5.74, 6) is 0. The molecule has 130 valence electrons. The Kier molecular flexibility index (Phi) is 5.78. The fourth-order valence-electron chi connectivity index (χ4n) is 2.78. The Labute approximate surface area is 153 Å². The van der Waals surface area contributed by atoms with E-state index in [0.29, 0.717) is 5.56 Å². The zero-order valence-electron chi connectivity index (χ0n) is 14.5. The topological polar surface area (TPSA) is 57.8 Å². The summed E-state index contributed by atoms with van der Waals surface area (Å²) in [7, 11) is 0. The van der Waals surface area contributed by atoms with Crippen molar-refractivity contribution in [2.45, 2.75) is 6.42 Å². The van der Waals surface area contributed by atoms with Crippen LogP contribution in [0.1, 0.15) is 22.3 Å². The number of para-hydroxylation sites is 1. The normalized spacial score (nSPS) is 11.8. The Morgan fingerprint density at radius 1 is 1.23 bits per heavy atom. The van der Waals surface area contributed by atoms with Crippen molar-refractivity contribution < 1.29 is 4.79 Å². The Bertz CT molecular complexity index is 966. The zero-order valence-corrected chi connectivity index (χ0v) is 14.5. The summed E-state index contributed by atoms with van der Waals surface area (Å²) >= 11 is 0. The molecule has 0 aliphatic carbocycles. The number of hydrogen-bond donors (Lipinski definition) is 2. The third-order valence-electron chi connectivity index (χ3n) is 4.11. The molecule has 4 heteroatoms. The summed E-state index contributed by atoms with van der Waals surface area (Å²) < 4.78 is 0. The number of hydrogen-bond acceptors (Lipinski definition) is 3. The number of fused-ring (bicyclic) bond motifs is 1. The second-order valence-electron chi connectivity index (χ2n) is 5.78. The Morgan fingerprint density at radius 3 is 2.96 bits per heavy atom. The van der Waals surface area contributed by atoms with Gasteiger partial charge in [0.2, 0.25) is 0 Å². The molecule has 0 fully saturated rings. The largest absolute Gasteiger partial charge is 0.384 e. The summed E-state index contributed by atoms with van der Waals surface area (Å²) in [6, 6.07) is 11.5. The molecule has 2 N–H and O–H groups in total. The fourth-order valence-corrected chi connectivity index (χ4v) is 2.78. The van der Waals surface area contributed by atoms with Gasteiger partial charge in [-0.3, -0.25) is 4.79 Å². The number of H-pyrrole nitrogens is 1. The van der Waals surface area contributed by atoms with Gasteiger partial charge in [0.15, 0.2) is 6.29 Å². The number of benzene rings is 1. The second kappa shape index (κ2) is 8.62. The van der Waals surface area contributed by atoms with Gasteiger partial charge in [0, 0.05) is 41.1 Å². The predicted molar refractivity (Wildman–Crippen MR) is 108 cm³/mol. The molecule has 0 saturated heterocycles. The number of aromatic amines is 1. The molecule has 0 atom stereocenters. The summed E-state index contributed by atoms with van der Waals surface area (Å²) in [6.07, 6.45) is 13.5. The molecule has 3 rings (SSSR count). The van der Waals surface area contributed by atoms with E-state index in [2.05, 4.69) is 27.9 Å². The first-order chi connectivity index (χ1) is 12.8. The van der Waals surface area contributed by atoms with Crippen LogP contribution >= 0.6 is 0 Å². The lowest BCUT2D eigenvalue weighted by Crippen LogP contribution is -2.02. The quantitative estimate of drug-likeness (QED) is 0.344. The van der Waals surface area contributed by atoms with Crippen molar-refractivity contribution >= 4 is 28.6 Å². The lowest BCUT2D eigenvalue weighted by atomic mass is 10.1. The van der Waals surface area contributed by atoms with Crippen LogP contribution in [0.25, 0.3) is 16.6 Å². The van der Waals surface area contributed by atoms with Crippen LogP contribution in [0.5, 0.6) is 0 Å². The van der Waals surface area contributed by atoms with E-state index in [1.54, 1.807) is 12.3 Å². The van der Waals surface area contributed by atoms with Crippen LogP contribution in [0, 0.1) is 0 Å². The van der Waals surface area contributed by atoms with Crippen LogP contribution in [-0.4, -0.2) is 22.8 Å². The van der Waals surface area contributed by atoms with Crippen LogP contribution in [0.3, 0.4) is 0 Å². The molecule has 0 aliphatic heterocycles. The minimum atomic E-state index is 0.679. The number of rotatable bonds is 8. The molecule has 26 heavy (non-hydrogen) atoms. The van der Waals surface area contributed by atoms with Gasteiger partial charge in [-0.25, -0.2) is 4.98 Å². The number of aldehydes is 1. The molecule has 1 aromatic carbocycles. The van der Waals surface area contributed by atoms with Crippen molar-refractivity contribution in [1.29, 1.82) is 0 Å². The summed E-state index contributed by atoms with van der Waals surface area (Å²) in [4.78, 5) is 18.5. The van der Waals surface area contributed by atoms with Crippen molar-refractivity contribution in [2.75, 3.05) is 11.9 Å². The van der Waals surface area contributed by atoms with E-state index in [4.69, 9.17) is 0 Å². The number of aromatic nitrogens is 2. The highest BCUT2D eigenvalue weighted by atomic mass is 16.1. The SMILES string of the molecule is C=C/C(=C\C=C/CCNc1ccccc1C=O)c1c[nH]c2ncccc12.